The van der Waals surface area contributed by atoms with Crippen molar-refractivity contribution in [1.82, 2.24) is 2.52 Å². The summed E-state index contributed by atoms with van der Waals surface area (Å²) in [4.78, 5) is 0. The average molecular weight is 298 g/mol. The fourth-order valence-corrected chi connectivity index (χ4v) is 2.68. The van der Waals surface area contributed by atoms with Crippen LogP contribution in [0.2, 0.25) is 0 Å². The maximum atomic E-state index is 10.9. The van der Waals surface area contributed by atoms with E-state index in [2.05, 4.69) is 0 Å². The van der Waals surface area contributed by atoms with Crippen molar-refractivity contribution >= 4 is 44.5 Å². The third kappa shape index (κ3) is 3.36. The summed E-state index contributed by atoms with van der Waals surface area (Å²) >= 11 is 6.93. The van der Waals surface area contributed by atoms with Gasteiger partial charge in [-0.1, -0.05) is 6.92 Å². The van der Waals surface area contributed by atoms with Crippen LogP contribution in [0, 0.1) is 0 Å². The van der Waals surface area contributed by atoms with Crippen LogP contribution in [0.1, 0.15) is 13.3 Å². The molecule has 0 heterocycles. The minimum absolute atomic E-state index is 0.337. The van der Waals surface area contributed by atoms with E-state index in [-0.39, 0.29) is 5.21 Å². The molecule has 0 fully saturated rings. The lowest BCUT2D eigenvalue weighted by Gasteiger charge is -2.10. The Morgan fingerprint density at radius 2 is 2.10 bits per heavy atom. The fourth-order valence-electron chi connectivity index (χ4n) is 0.368. The van der Waals surface area contributed by atoms with E-state index in [1.165, 1.54) is 2.52 Å². The second kappa shape index (κ2) is 4.74. The second-order valence-electron chi connectivity index (χ2n) is 1.73. The number of alkyl halides is 1. The maximum absolute atomic E-state index is 10.9. The van der Waals surface area contributed by atoms with Crippen molar-refractivity contribution in [2.24, 2.45) is 0 Å². The van der Waals surface area contributed by atoms with Gasteiger partial charge in [-0.3, -0.25) is 0 Å². The highest BCUT2D eigenvalue weighted by atomic mass is 127. The highest BCUT2D eigenvalue weighted by molar-refractivity contribution is 14.1. The zero-order chi connectivity index (χ0) is 8.20. The summed E-state index contributed by atoms with van der Waals surface area (Å²) < 4.78 is 23.0. The Balaban J connectivity index is 4.06. The molecular formula is C4H9ClINO2S. The molecule has 0 aromatic carbocycles. The molecule has 62 valence electrons. The molecule has 0 aliphatic rings. The molecule has 0 amide bonds. The number of hydrogen-bond acceptors (Lipinski definition) is 2. The number of hydrogen-bond donors (Lipinski definition) is 0. The molecule has 0 aliphatic heterocycles. The maximum Gasteiger partial charge on any atom is 0.236 e. The lowest BCUT2D eigenvalue weighted by molar-refractivity contribution is 0.556. The van der Waals surface area contributed by atoms with Crippen molar-refractivity contribution in [3.8, 4) is 0 Å². The van der Waals surface area contributed by atoms with Crippen LogP contribution >= 0.6 is 34.5 Å². The Morgan fingerprint density at radius 1 is 1.60 bits per heavy atom. The first-order chi connectivity index (χ1) is 4.54. The molecule has 0 aromatic heterocycles. The van der Waals surface area contributed by atoms with Gasteiger partial charge in [0.1, 0.15) is 5.21 Å². The van der Waals surface area contributed by atoms with Crippen molar-refractivity contribution < 1.29 is 8.42 Å². The summed E-state index contributed by atoms with van der Waals surface area (Å²) in [7, 11) is -3.17. The van der Waals surface area contributed by atoms with Gasteiger partial charge in [0.15, 0.2) is 0 Å². The molecule has 6 heteroatoms. The molecule has 0 radical (unpaired) electrons. The molecule has 10 heavy (non-hydrogen) atoms. The Hall–Kier alpha value is 0.930. The summed E-state index contributed by atoms with van der Waals surface area (Å²) in [5.41, 5.74) is 0. The normalized spacial score (nSPS) is 12.4. The standard InChI is InChI=1S/C4H9ClINO2S/c1-2-3-7(6)10(8,9)4-5/h2-4H2,1H3. The van der Waals surface area contributed by atoms with Gasteiger partial charge in [0.25, 0.3) is 0 Å². The molecule has 3 nitrogen and oxygen atoms in total. The summed E-state index contributed by atoms with van der Waals surface area (Å²) in [5.74, 6) is 0. The van der Waals surface area contributed by atoms with E-state index in [1.807, 2.05) is 6.92 Å². The molecule has 0 aromatic rings. The van der Waals surface area contributed by atoms with Crippen molar-refractivity contribution in [2.45, 2.75) is 13.3 Å². The summed E-state index contributed by atoms with van der Waals surface area (Å²) in [6.07, 6.45) is 0.805. The molecule has 0 saturated heterocycles. The first kappa shape index (κ1) is 10.9. The molecular weight excluding hydrogens is 288 g/mol. The molecule has 0 N–H and O–H groups in total. The fraction of sp³-hybridized carbons (Fsp3) is 1.00. The lowest BCUT2D eigenvalue weighted by Crippen LogP contribution is -2.22. The molecule has 0 rings (SSSR count). The van der Waals surface area contributed by atoms with E-state index in [4.69, 9.17) is 11.6 Å². The van der Waals surface area contributed by atoms with Crippen LogP contribution in [0.5, 0.6) is 0 Å². The monoisotopic (exact) mass is 297 g/mol. The van der Waals surface area contributed by atoms with Crippen LogP contribution in [-0.4, -0.2) is 22.7 Å². The first-order valence-corrected chi connectivity index (χ1v) is 5.87. The third-order valence-corrected chi connectivity index (χ3v) is 5.01. The van der Waals surface area contributed by atoms with E-state index in [9.17, 15) is 8.42 Å². The zero-order valence-electron chi connectivity index (χ0n) is 5.55. The average Bonchev–Trinajstić information content (AvgIpc) is 1.89. The van der Waals surface area contributed by atoms with Gasteiger partial charge < -0.3 is 0 Å². The predicted octanol–water partition coefficient (Wildman–Crippen LogP) is 1.57. The van der Waals surface area contributed by atoms with E-state index in [0.29, 0.717) is 6.54 Å². The van der Waals surface area contributed by atoms with E-state index < -0.39 is 10.0 Å². The van der Waals surface area contributed by atoms with Crippen molar-refractivity contribution in [2.75, 3.05) is 11.8 Å². The third-order valence-electron chi connectivity index (χ3n) is 0.839. The van der Waals surface area contributed by atoms with Gasteiger partial charge in [-0.25, -0.2) is 8.42 Å². The van der Waals surface area contributed by atoms with Crippen molar-refractivity contribution in [1.29, 1.82) is 0 Å². The van der Waals surface area contributed by atoms with Gasteiger partial charge in [-0.05, 0) is 6.42 Å². The van der Waals surface area contributed by atoms with E-state index in [0.717, 1.165) is 6.42 Å². The molecule has 0 aliphatic carbocycles. The van der Waals surface area contributed by atoms with E-state index in [1.54, 1.807) is 22.9 Å². The molecule has 0 unspecified atom stereocenters. The SMILES string of the molecule is CCCN(I)S(=O)(=O)CCl. The Bertz CT molecular complexity index is 182. The van der Waals surface area contributed by atoms with Gasteiger partial charge in [-0.2, -0.15) is 0 Å². The predicted molar refractivity (Wildman–Crippen MR) is 50.7 cm³/mol. The minimum Gasteiger partial charge on any atom is -0.210 e. The van der Waals surface area contributed by atoms with Crippen LogP contribution < -0.4 is 0 Å². The smallest absolute Gasteiger partial charge is 0.210 e. The molecule has 0 saturated carbocycles. The molecule has 0 bridgehead atoms. The van der Waals surface area contributed by atoms with Gasteiger partial charge in [-0.15, -0.1) is 14.1 Å². The largest absolute Gasteiger partial charge is 0.236 e. The van der Waals surface area contributed by atoms with Crippen molar-refractivity contribution in [3.05, 3.63) is 0 Å². The number of nitrogens with zero attached hydrogens (tertiary/aromatic N) is 1. The first-order valence-electron chi connectivity index (χ1n) is 2.76. The van der Waals surface area contributed by atoms with E-state index >= 15 is 0 Å². The number of sulfonamides is 1. The number of halogens is 2. The topological polar surface area (TPSA) is 37.4 Å². The van der Waals surface area contributed by atoms with Crippen LogP contribution in [0.25, 0.3) is 0 Å². The Kier molecular flexibility index (Phi) is 5.18. The Morgan fingerprint density at radius 3 is 2.40 bits per heavy atom. The summed E-state index contributed by atoms with van der Waals surface area (Å²) in [6, 6.07) is 0. The highest BCUT2D eigenvalue weighted by Crippen LogP contribution is 2.10. The summed E-state index contributed by atoms with van der Waals surface area (Å²) in [5, 5.41) is -0.337. The zero-order valence-corrected chi connectivity index (χ0v) is 9.28. The van der Waals surface area contributed by atoms with Crippen LogP contribution in [-0.2, 0) is 10.0 Å². The minimum atomic E-state index is -3.17. The Labute approximate surface area is 80.3 Å². The van der Waals surface area contributed by atoms with Crippen LogP contribution in [0.15, 0.2) is 0 Å². The molecule has 0 atom stereocenters. The summed E-state index contributed by atoms with van der Waals surface area (Å²) in [6.45, 7) is 2.44. The van der Waals surface area contributed by atoms with Gasteiger partial charge in [0, 0.05) is 29.4 Å². The quantitative estimate of drug-likeness (QED) is 0.449. The van der Waals surface area contributed by atoms with Gasteiger partial charge in [0.05, 0.1) is 0 Å². The highest BCUT2D eigenvalue weighted by Gasteiger charge is 2.15. The van der Waals surface area contributed by atoms with Crippen LogP contribution in [0.3, 0.4) is 0 Å². The lowest BCUT2D eigenvalue weighted by atomic mass is 10.5. The second-order valence-corrected chi connectivity index (χ2v) is 6.03. The van der Waals surface area contributed by atoms with Gasteiger partial charge >= 0.3 is 0 Å². The van der Waals surface area contributed by atoms with Gasteiger partial charge in [0.2, 0.25) is 10.0 Å². The van der Waals surface area contributed by atoms with Crippen molar-refractivity contribution in [3.63, 3.8) is 0 Å². The number of rotatable bonds is 4. The van der Waals surface area contributed by atoms with Crippen LogP contribution in [0.4, 0.5) is 0 Å². The molecule has 0 spiro atoms.